The zero-order chi connectivity index (χ0) is 20.2. The first-order valence-electron chi connectivity index (χ1n) is 9.34. The van der Waals surface area contributed by atoms with Crippen molar-refractivity contribution in [3.05, 3.63) is 48.5 Å². The quantitative estimate of drug-likeness (QED) is 0.387. The normalized spacial score (nSPS) is 24.2. The second kappa shape index (κ2) is 8.80. The largest absolute Gasteiger partial charge is 0.394 e. The van der Waals surface area contributed by atoms with E-state index in [1.165, 1.54) is 12.7 Å². The van der Waals surface area contributed by atoms with Crippen LogP contribution in [-0.2, 0) is 16.0 Å². The third-order valence-electron chi connectivity index (χ3n) is 4.79. The van der Waals surface area contributed by atoms with Crippen LogP contribution in [0.1, 0.15) is 11.8 Å². The summed E-state index contributed by atoms with van der Waals surface area (Å²) in [6, 6.07) is 9.90. The Morgan fingerprint density at radius 2 is 1.93 bits per heavy atom. The van der Waals surface area contributed by atoms with Crippen LogP contribution in [0, 0.1) is 0 Å². The minimum atomic E-state index is -1.18. The number of nitrogens with zero attached hydrogens (tertiary/aromatic N) is 4. The molecule has 2 aromatic heterocycles. The maximum Gasteiger partial charge on any atom is 0.167 e. The smallest absolute Gasteiger partial charge is 0.167 e. The van der Waals surface area contributed by atoms with Crippen molar-refractivity contribution in [2.45, 2.75) is 31.1 Å². The summed E-state index contributed by atoms with van der Waals surface area (Å²) in [4.78, 5) is 12.9. The molecule has 0 saturated carbocycles. The van der Waals surface area contributed by atoms with Crippen LogP contribution in [0.25, 0.3) is 11.2 Å². The molecular weight excluding hydrogens is 378 g/mol. The summed E-state index contributed by atoms with van der Waals surface area (Å²) < 4.78 is 12.6. The standard InChI is InChI=1S/C19H23N5O5/c25-6-7-28-9-13-15(26)16(27)19(29-13)24-11-23-14-17(21-10-22-18(14)24)20-8-12-4-2-1-3-5-12/h1-5,10-11,13,15-16,19,25-27H,6-9H2,(H,20,21,22)/t13-,15-,16-,19-/m1/s1. The Morgan fingerprint density at radius 1 is 1.10 bits per heavy atom. The van der Waals surface area contributed by atoms with Crippen LogP contribution in [0.4, 0.5) is 5.82 Å². The Morgan fingerprint density at radius 3 is 2.72 bits per heavy atom. The molecular formula is C19H23N5O5. The van der Waals surface area contributed by atoms with Gasteiger partial charge in [-0.05, 0) is 5.56 Å². The molecule has 3 aromatic rings. The van der Waals surface area contributed by atoms with Crippen LogP contribution >= 0.6 is 0 Å². The minimum absolute atomic E-state index is 0.0563. The number of benzene rings is 1. The van der Waals surface area contributed by atoms with E-state index in [-0.39, 0.29) is 19.8 Å². The van der Waals surface area contributed by atoms with Gasteiger partial charge in [-0.3, -0.25) is 4.57 Å². The molecule has 1 saturated heterocycles. The van der Waals surface area contributed by atoms with E-state index < -0.39 is 24.5 Å². The number of anilines is 1. The highest BCUT2D eigenvalue weighted by Gasteiger charge is 2.44. The maximum absolute atomic E-state index is 10.4. The van der Waals surface area contributed by atoms with Gasteiger partial charge in [0.1, 0.15) is 24.6 Å². The summed E-state index contributed by atoms with van der Waals surface area (Å²) >= 11 is 0. The van der Waals surface area contributed by atoms with E-state index in [0.29, 0.717) is 23.5 Å². The Kier molecular flexibility index (Phi) is 5.97. The number of rotatable bonds is 8. The lowest BCUT2D eigenvalue weighted by atomic mass is 10.1. The Bertz CT molecular complexity index is 937. The van der Waals surface area contributed by atoms with Crippen LogP contribution in [0.15, 0.2) is 43.0 Å². The fraction of sp³-hybridized carbons (Fsp3) is 0.421. The molecule has 0 aliphatic carbocycles. The second-order valence-corrected chi connectivity index (χ2v) is 6.73. The summed E-state index contributed by atoms with van der Waals surface area (Å²) in [6.45, 7) is 0.633. The topological polar surface area (TPSA) is 135 Å². The van der Waals surface area contributed by atoms with Crippen molar-refractivity contribution in [3.8, 4) is 0 Å². The molecule has 154 valence electrons. The molecule has 3 heterocycles. The van der Waals surface area contributed by atoms with Gasteiger partial charge in [-0.2, -0.15) is 0 Å². The lowest BCUT2D eigenvalue weighted by molar-refractivity contribution is -0.0684. The third-order valence-corrected chi connectivity index (χ3v) is 4.79. The van der Waals surface area contributed by atoms with Gasteiger partial charge in [0.2, 0.25) is 0 Å². The van der Waals surface area contributed by atoms with E-state index in [2.05, 4.69) is 20.3 Å². The molecule has 0 amide bonds. The summed E-state index contributed by atoms with van der Waals surface area (Å²) in [5, 5.41) is 32.8. The minimum Gasteiger partial charge on any atom is -0.394 e. The first-order valence-corrected chi connectivity index (χ1v) is 9.34. The fourth-order valence-electron chi connectivity index (χ4n) is 3.31. The summed E-state index contributed by atoms with van der Waals surface area (Å²) in [6.07, 6.45) is -0.983. The molecule has 1 fully saturated rings. The number of aliphatic hydroxyl groups is 3. The highest BCUT2D eigenvalue weighted by molar-refractivity contribution is 5.82. The lowest BCUT2D eigenvalue weighted by Crippen LogP contribution is -2.34. The summed E-state index contributed by atoms with van der Waals surface area (Å²) in [5.41, 5.74) is 2.11. The molecule has 0 unspecified atom stereocenters. The molecule has 1 aromatic carbocycles. The molecule has 4 rings (SSSR count). The van der Waals surface area contributed by atoms with Crippen molar-refractivity contribution in [1.82, 2.24) is 19.5 Å². The molecule has 4 N–H and O–H groups in total. The Hall–Kier alpha value is -2.63. The zero-order valence-corrected chi connectivity index (χ0v) is 15.6. The van der Waals surface area contributed by atoms with Crippen LogP contribution < -0.4 is 5.32 Å². The molecule has 1 aliphatic heterocycles. The average molecular weight is 401 g/mol. The van der Waals surface area contributed by atoms with Gasteiger partial charge in [0.05, 0.1) is 26.1 Å². The molecule has 0 spiro atoms. The number of aromatic nitrogens is 4. The number of nitrogens with one attached hydrogen (secondary N) is 1. The predicted octanol–water partition coefficient (Wildman–Crippen LogP) is 0.0665. The van der Waals surface area contributed by atoms with Crippen molar-refractivity contribution in [1.29, 1.82) is 0 Å². The zero-order valence-electron chi connectivity index (χ0n) is 15.6. The Balaban J connectivity index is 1.53. The van der Waals surface area contributed by atoms with E-state index in [9.17, 15) is 10.2 Å². The van der Waals surface area contributed by atoms with Crippen molar-refractivity contribution >= 4 is 17.0 Å². The van der Waals surface area contributed by atoms with E-state index >= 15 is 0 Å². The highest BCUT2D eigenvalue weighted by atomic mass is 16.6. The predicted molar refractivity (Wildman–Crippen MR) is 103 cm³/mol. The first-order chi connectivity index (χ1) is 14.2. The molecule has 10 nitrogen and oxygen atoms in total. The van der Waals surface area contributed by atoms with E-state index in [4.69, 9.17) is 14.6 Å². The molecule has 0 bridgehead atoms. The van der Waals surface area contributed by atoms with Crippen molar-refractivity contribution in [3.63, 3.8) is 0 Å². The van der Waals surface area contributed by atoms with Crippen molar-refractivity contribution in [2.24, 2.45) is 0 Å². The number of hydrogen-bond acceptors (Lipinski definition) is 9. The lowest BCUT2D eigenvalue weighted by Gasteiger charge is -2.16. The van der Waals surface area contributed by atoms with Gasteiger partial charge in [-0.15, -0.1) is 0 Å². The third kappa shape index (κ3) is 4.07. The van der Waals surface area contributed by atoms with E-state index in [1.54, 1.807) is 4.57 Å². The number of hydrogen-bond donors (Lipinski definition) is 4. The molecule has 4 atom stereocenters. The van der Waals surface area contributed by atoms with Crippen molar-refractivity contribution < 1.29 is 24.8 Å². The number of aliphatic hydroxyl groups excluding tert-OH is 3. The van der Waals surface area contributed by atoms with Gasteiger partial charge in [-0.1, -0.05) is 30.3 Å². The monoisotopic (exact) mass is 401 g/mol. The van der Waals surface area contributed by atoms with Crippen LogP contribution in [-0.4, -0.2) is 73.0 Å². The van der Waals surface area contributed by atoms with Crippen LogP contribution in [0.5, 0.6) is 0 Å². The average Bonchev–Trinajstić information content (AvgIpc) is 3.30. The second-order valence-electron chi connectivity index (χ2n) is 6.73. The fourth-order valence-corrected chi connectivity index (χ4v) is 3.31. The molecule has 1 aliphatic rings. The summed E-state index contributed by atoms with van der Waals surface area (Å²) in [5.74, 6) is 0.563. The summed E-state index contributed by atoms with van der Waals surface area (Å²) in [7, 11) is 0. The van der Waals surface area contributed by atoms with E-state index in [1.807, 2.05) is 30.3 Å². The van der Waals surface area contributed by atoms with Gasteiger partial charge in [-0.25, -0.2) is 15.0 Å². The molecule has 0 radical (unpaired) electrons. The molecule has 29 heavy (non-hydrogen) atoms. The van der Waals surface area contributed by atoms with Gasteiger partial charge in [0, 0.05) is 6.54 Å². The number of ether oxygens (including phenoxy) is 2. The van der Waals surface area contributed by atoms with Crippen molar-refractivity contribution in [2.75, 3.05) is 25.1 Å². The van der Waals surface area contributed by atoms with Gasteiger partial charge < -0.3 is 30.1 Å². The van der Waals surface area contributed by atoms with Gasteiger partial charge in [0.15, 0.2) is 23.2 Å². The SMILES string of the molecule is OCCOC[C@H]1O[C@@H](n2cnc3c(NCc4ccccc4)ncnc32)[C@H](O)[C@@H]1O. The molecule has 10 heteroatoms. The highest BCUT2D eigenvalue weighted by Crippen LogP contribution is 2.32. The maximum atomic E-state index is 10.4. The first kappa shape index (κ1) is 19.7. The van der Waals surface area contributed by atoms with Gasteiger partial charge >= 0.3 is 0 Å². The van der Waals surface area contributed by atoms with E-state index in [0.717, 1.165) is 5.56 Å². The van der Waals surface area contributed by atoms with Crippen LogP contribution in [0.2, 0.25) is 0 Å². The van der Waals surface area contributed by atoms with Crippen LogP contribution in [0.3, 0.4) is 0 Å². The Labute approximate surface area is 166 Å². The van der Waals surface area contributed by atoms with Gasteiger partial charge in [0.25, 0.3) is 0 Å². The number of fused-ring (bicyclic) bond motifs is 1. The number of imidazole rings is 1.